The summed E-state index contributed by atoms with van der Waals surface area (Å²) in [5, 5.41) is 10.1. The van der Waals surface area contributed by atoms with Gasteiger partial charge in [-0.25, -0.2) is 0 Å². The van der Waals surface area contributed by atoms with Crippen molar-refractivity contribution in [3.63, 3.8) is 0 Å². The highest BCUT2D eigenvalue weighted by atomic mass is 16.3. The van der Waals surface area contributed by atoms with E-state index >= 15 is 0 Å². The van der Waals surface area contributed by atoms with E-state index in [0.717, 1.165) is 36.5 Å². The molecule has 1 nitrogen and oxygen atoms in total. The van der Waals surface area contributed by atoms with Crippen LogP contribution in [0.25, 0.3) is 0 Å². The summed E-state index contributed by atoms with van der Waals surface area (Å²) in [6, 6.07) is 0. The first-order valence-corrected chi connectivity index (χ1v) is 9.86. The SMILES string of the molecule is CC[C@H]1CCC2C3CC=C4C[C@@H](O)CC[C@]4(C)C3CC[C@@]21C. The third-order valence-electron chi connectivity index (χ3n) is 8.77. The van der Waals surface area contributed by atoms with Crippen LogP contribution in [0.2, 0.25) is 0 Å². The molecule has 7 atom stereocenters. The predicted molar refractivity (Wildman–Crippen MR) is 91.5 cm³/mol. The van der Waals surface area contributed by atoms with Crippen molar-refractivity contribution in [3.05, 3.63) is 11.6 Å². The van der Waals surface area contributed by atoms with Crippen LogP contribution in [0.4, 0.5) is 0 Å². The Balaban J connectivity index is 1.66. The van der Waals surface area contributed by atoms with Gasteiger partial charge in [0, 0.05) is 0 Å². The van der Waals surface area contributed by atoms with Crippen LogP contribution in [-0.4, -0.2) is 11.2 Å². The summed E-state index contributed by atoms with van der Waals surface area (Å²) in [5.41, 5.74) is 2.65. The Labute approximate surface area is 136 Å². The van der Waals surface area contributed by atoms with Gasteiger partial charge in [-0.1, -0.05) is 38.8 Å². The van der Waals surface area contributed by atoms with E-state index in [1.165, 1.54) is 44.9 Å². The Morgan fingerprint density at radius 1 is 1.09 bits per heavy atom. The van der Waals surface area contributed by atoms with Gasteiger partial charge >= 0.3 is 0 Å². The van der Waals surface area contributed by atoms with Gasteiger partial charge in [0.25, 0.3) is 0 Å². The lowest BCUT2D eigenvalue weighted by molar-refractivity contribution is -0.0500. The van der Waals surface area contributed by atoms with E-state index < -0.39 is 0 Å². The lowest BCUT2D eigenvalue weighted by Crippen LogP contribution is -2.50. The molecule has 3 saturated carbocycles. The molecule has 0 aromatic heterocycles. The first-order valence-electron chi connectivity index (χ1n) is 9.86. The smallest absolute Gasteiger partial charge is 0.0577 e. The molecule has 3 fully saturated rings. The summed E-state index contributed by atoms with van der Waals surface area (Å²) < 4.78 is 0. The number of allylic oxidation sites excluding steroid dienone is 1. The highest BCUT2D eigenvalue weighted by Crippen LogP contribution is 2.66. The average molecular weight is 303 g/mol. The third-order valence-corrected chi connectivity index (χ3v) is 8.77. The van der Waals surface area contributed by atoms with E-state index in [2.05, 4.69) is 26.8 Å². The lowest BCUT2D eigenvalue weighted by Gasteiger charge is -2.58. The van der Waals surface area contributed by atoms with E-state index in [1.54, 1.807) is 5.57 Å². The summed E-state index contributed by atoms with van der Waals surface area (Å²) in [6.07, 6.45) is 14.3. The summed E-state index contributed by atoms with van der Waals surface area (Å²) in [6.45, 7) is 7.57. The molecule has 4 aliphatic carbocycles. The quantitative estimate of drug-likeness (QED) is 0.648. The molecule has 0 spiro atoms. The topological polar surface area (TPSA) is 20.2 Å². The van der Waals surface area contributed by atoms with Gasteiger partial charge in [0.15, 0.2) is 0 Å². The van der Waals surface area contributed by atoms with Gasteiger partial charge < -0.3 is 5.11 Å². The van der Waals surface area contributed by atoms with Gasteiger partial charge in [0.1, 0.15) is 0 Å². The molecule has 0 radical (unpaired) electrons. The zero-order chi connectivity index (χ0) is 15.5. The van der Waals surface area contributed by atoms with Crippen LogP contribution in [0.3, 0.4) is 0 Å². The van der Waals surface area contributed by atoms with Crippen LogP contribution in [0.1, 0.15) is 78.6 Å². The molecule has 3 unspecified atom stereocenters. The number of hydrogen-bond acceptors (Lipinski definition) is 1. The monoisotopic (exact) mass is 302 g/mol. The largest absolute Gasteiger partial charge is 0.393 e. The van der Waals surface area contributed by atoms with Crippen molar-refractivity contribution < 1.29 is 5.11 Å². The number of hydrogen-bond donors (Lipinski definition) is 1. The molecule has 0 saturated heterocycles. The molecule has 0 bridgehead atoms. The second-order valence-electron chi connectivity index (χ2n) is 9.38. The van der Waals surface area contributed by atoms with Crippen LogP contribution in [0.5, 0.6) is 0 Å². The molecular formula is C21H34O. The van der Waals surface area contributed by atoms with Crippen molar-refractivity contribution in [1.29, 1.82) is 0 Å². The Kier molecular flexibility index (Phi) is 3.53. The minimum Gasteiger partial charge on any atom is -0.393 e. The van der Waals surface area contributed by atoms with Gasteiger partial charge in [-0.15, -0.1) is 0 Å². The van der Waals surface area contributed by atoms with Crippen LogP contribution >= 0.6 is 0 Å². The highest BCUT2D eigenvalue weighted by Gasteiger charge is 2.57. The normalized spacial score (nSPS) is 54.2. The summed E-state index contributed by atoms with van der Waals surface area (Å²) in [7, 11) is 0. The second kappa shape index (κ2) is 5.10. The summed E-state index contributed by atoms with van der Waals surface area (Å²) in [4.78, 5) is 0. The Morgan fingerprint density at radius 3 is 2.68 bits per heavy atom. The molecular weight excluding hydrogens is 268 g/mol. The summed E-state index contributed by atoms with van der Waals surface area (Å²) >= 11 is 0. The van der Waals surface area contributed by atoms with Gasteiger partial charge in [0.2, 0.25) is 0 Å². The van der Waals surface area contributed by atoms with Crippen molar-refractivity contribution in [2.75, 3.05) is 0 Å². The third kappa shape index (κ3) is 1.93. The van der Waals surface area contributed by atoms with E-state index in [-0.39, 0.29) is 6.10 Å². The Hall–Kier alpha value is -0.300. The number of rotatable bonds is 1. The van der Waals surface area contributed by atoms with Crippen LogP contribution in [0, 0.1) is 34.5 Å². The molecule has 0 aliphatic heterocycles. The number of aliphatic hydroxyl groups excluding tert-OH is 1. The van der Waals surface area contributed by atoms with Crippen LogP contribution < -0.4 is 0 Å². The predicted octanol–water partition coefficient (Wildman–Crippen LogP) is 5.34. The van der Waals surface area contributed by atoms with Gasteiger partial charge in [-0.05, 0) is 85.9 Å². The molecule has 0 heterocycles. The van der Waals surface area contributed by atoms with Crippen molar-refractivity contribution >= 4 is 0 Å². The number of fused-ring (bicyclic) bond motifs is 5. The fourth-order valence-corrected chi connectivity index (χ4v) is 7.42. The van der Waals surface area contributed by atoms with E-state index in [4.69, 9.17) is 0 Å². The number of aliphatic hydroxyl groups is 1. The molecule has 1 N–H and O–H groups in total. The maximum atomic E-state index is 10.1. The Bertz CT molecular complexity index is 480. The zero-order valence-corrected chi connectivity index (χ0v) is 14.8. The lowest BCUT2D eigenvalue weighted by atomic mass is 9.47. The van der Waals surface area contributed by atoms with Crippen molar-refractivity contribution in [2.45, 2.75) is 84.7 Å². The molecule has 22 heavy (non-hydrogen) atoms. The average Bonchev–Trinajstić information content (AvgIpc) is 2.84. The zero-order valence-electron chi connectivity index (χ0n) is 14.8. The molecule has 0 aromatic carbocycles. The van der Waals surface area contributed by atoms with Gasteiger partial charge in [-0.3, -0.25) is 0 Å². The first-order chi connectivity index (χ1) is 10.5. The van der Waals surface area contributed by atoms with E-state index in [1.807, 2.05) is 0 Å². The van der Waals surface area contributed by atoms with E-state index in [9.17, 15) is 5.11 Å². The standard InChI is InChI=1S/C21H34O/c1-4-14-6-8-18-17-7-5-15-13-16(22)9-11-21(15,3)19(17)10-12-20(14,18)2/h5,14,16-19,22H,4,6-13H2,1-3H3/t14-,16-,17?,18?,19?,20+,21-/m0/s1. The van der Waals surface area contributed by atoms with Gasteiger partial charge in [0.05, 0.1) is 6.10 Å². The molecule has 0 aromatic rings. The molecule has 0 amide bonds. The summed E-state index contributed by atoms with van der Waals surface area (Å²) in [5.74, 6) is 3.77. The highest BCUT2D eigenvalue weighted by molar-refractivity contribution is 5.25. The van der Waals surface area contributed by atoms with Crippen molar-refractivity contribution in [2.24, 2.45) is 34.5 Å². The fraction of sp³-hybridized carbons (Fsp3) is 0.905. The molecule has 124 valence electrons. The fourth-order valence-electron chi connectivity index (χ4n) is 7.42. The maximum absolute atomic E-state index is 10.1. The van der Waals surface area contributed by atoms with Gasteiger partial charge in [-0.2, -0.15) is 0 Å². The van der Waals surface area contributed by atoms with Crippen LogP contribution in [-0.2, 0) is 0 Å². The molecule has 1 heteroatoms. The van der Waals surface area contributed by atoms with Crippen molar-refractivity contribution in [3.8, 4) is 0 Å². The van der Waals surface area contributed by atoms with E-state index in [0.29, 0.717) is 10.8 Å². The minimum atomic E-state index is -0.0688. The molecule has 4 rings (SSSR count). The minimum absolute atomic E-state index is 0.0688. The second-order valence-corrected chi connectivity index (χ2v) is 9.38. The first kappa shape index (κ1) is 15.2. The molecule has 4 aliphatic rings. The Morgan fingerprint density at radius 2 is 1.91 bits per heavy atom. The maximum Gasteiger partial charge on any atom is 0.0577 e. The van der Waals surface area contributed by atoms with Crippen molar-refractivity contribution in [1.82, 2.24) is 0 Å². The van der Waals surface area contributed by atoms with Crippen LogP contribution in [0.15, 0.2) is 11.6 Å².